The summed E-state index contributed by atoms with van der Waals surface area (Å²) in [6, 6.07) is 1.91. The quantitative estimate of drug-likeness (QED) is 0.531. The lowest BCUT2D eigenvalue weighted by atomic mass is 10.1. The molecule has 2 aliphatic rings. The van der Waals surface area contributed by atoms with Crippen LogP contribution in [0.3, 0.4) is 0 Å². The number of likely N-dealkylation sites (N-methyl/N-ethyl adjacent to an activating group) is 1. The second kappa shape index (κ2) is 10.5. The van der Waals surface area contributed by atoms with E-state index in [1.807, 2.05) is 35.7 Å². The molecule has 5 heterocycles. The molecule has 0 radical (unpaired) electrons. The predicted molar refractivity (Wildman–Crippen MR) is 149 cm³/mol. The number of carbonyl (C=O) groups is 1. The van der Waals surface area contributed by atoms with Gasteiger partial charge in [-0.3, -0.25) is 14.0 Å². The third-order valence-corrected chi connectivity index (χ3v) is 8.35. The van der Waals surface area contributed by atoms with Gasteiger partial charge >= 0.3 is 0 Å². The van der Waals surface area contributed by atoms with Crippen molar-refractivity contribution in [1.29, 1.82) is 0 Å². The van der Waals surface area contributed by atoms with Gasteiger partial charge in [0.2, 0.25) is 5.43 Å². The number of nitrogens with zero attached hydrogens (tertiary/aromatic N) is 5. The zero-order valence-corrected chi connectivity index (χ0v) is 21.9. The van der Waals surface area contributed by atoms with E-state index in [2.05, 4.69) is 33.6 Å². The number of rotatable bonds is 7. The molecule has 36 heavy (non-hydrogen) atoms. The van der Waals surface area contributed by atoms with Gasteiger partial charge in [0.25, 0.3) is 5.91 Å². The van der Waals surface area contributed by atoms with Crippen LogP contribution in [0.25, 0.3) is 28.0 Å². The molecule has 190 valence electrons. The zero-order valence-electron chi connectivity index (χ0n) is 21.1. The Morgan fingerprint density at radius 1 is 1.19 bits per heavy atom. The van der Waals surface area contributed by atoms with Gasteiger partial charge in [0.1, 0.15) is 16.0 Å². The van der Waals surface area contributed by atoms with Crippen LogP contribution in [0.4, 0.5) is 5.69 Å². The molecule has 1 amide bonds. The van der Waals surface area contributed by atoms with Gasteiger partial charge in [0.15, 0.2) is 0 Å². The SMILES string of the molecule is C=Cc1sc2c(C(=O)NCCN3CCCC3)c(=O)c3cc(N4CCN(C)CC4)cnc3n2c1/C=C\C. The van der Waals surface area contributed by atoms with Crippen molar-refractivity contribution in [2.45, 2.75) is 19.8 Å². The molecule has 3 aromatic rings. The average Bonchev–Trinajstić information content (AvgIpc) is 3.53. The molecule has 9 heteroatoms. The molecule has 0 spiro atoms. The molecule has 0 aromatic carbocycles. The number of allylic oxidation sites excluding steroid dienone is 1. The third kappa shape index (κ3) is 4.58. The summed E-state index contributed by atoms with van der Waals surface area (Å²) >= 11 is 1.41. The fourth-order valence-electron chi connectivity index (χ4n) is 5.14. The van der Waals surface area contributed by atoms with E-state index in [9.17, 15) is 9.59 Å². The third-order valence-electron chi connectivity index (χ3n) is 7.17. The smallest absolute Gasteiger partial charge is 0.258 e. The molecule has 5 rings (SSSR count). The van der Waals surface area contributed by atoms with Crippen LogP contribution in [-0.4, -0.2) is 84.5 Å². The number of anilines is 1. The summed E-state index contributed by atoms with van der Waals surface area (Å²) in [6.07, 6.45) is 9.96. The lowest BCUT2D eigenvalue weighted by Crippen LogP contribution is -2.44. The number of piperazine rings is 1. The molecule has 1 N–H and O–H groups in total. The van der Waals surface area contributed by atoms with Crippen LogP contribution in [0.15, 0.2) is 29.7 Å². The highest BCUT2D eigenvalue weighted by molar-refractivity contribution is 7.19. The van der Waals surface area contributed by atoms with Crippen molar-refractivity contribution in [3.05, 3.63) is 51.3 Å². The highest BCUT2D eigenvalue weighted by atomic mass is 32.1. The standard InChI is InChI=1S/C27H34N6O2S/c1-4-8-21-22(5-2)36-27-23(26(35)28-9-12-31-10-6-7-11-31)24(34)20-17-19(18-29-25(20)33(21)27)32-15-13-30(3)14-16-32/h4-5,8,17-18H,2,6-7,9-16H2,1,3H3,(H,28,35)/b8-4-. The average molecular weight is 507 g/mol. The number of aromatic nitrogens is 2. The molecule has 3 aromatic heterocycles. The summed E-state index contributed by atoms with van der Waals surface area (Å²) in [6.45, 7) is 13.0. The second-order valence-electron chi connectivity index (χ2n) is 9.56. The fraction of sp³-hybridized carbons (Fsp3) is 0.444. The van der Waals surface area contributed by atoms with E-state index in [0.717, 1.165) is 62.1 Å². The van der Waals surface area contributed by atoms with E-state index in [4.69, 9.17) is 4.98 Å². The normalized spacial score (nSPS) is 17.6. The molecule has 2 saturated heterocycles. The lowest BCUT2D eigenvalue weighted by Gasteiger charge is -2.33. The van der Waals surface area contributed by atoms with Gasteiger partial charge < -0.3 is 20.0 Å². The number of thiazole rings is 1. The second-order valence-corrected chi connectivity index (χ2v) is 10.6. The van der Waals surface area contributed by atoms with Crippen molar-refractivity contribution in [3.63, 3.8) is 0 Å². The number of pyridine rings is 2. The van der Waals surface area contributed by atoms with Crippen LogP contribution >= 0.6 is 11.3 Å². The number of likely N-dealkylation sites (tertiary alicyclic amines) is 1. The van der Waals surface area contributed by atoms with E-state index < -0.39 is 0 Å². The molecule has 8 nitrogen and oxygen atoms in total. The number of amides is 1. The predicted octanol–water partition coefficient (Wildman–Crippen LogP) is 3.16. The number of hydrogen-bond donors (Lipinski definition) is 1. The highest BCUT2D eigenvalue weighted by Gasteiger charge is 2.25. The van der Waals surface area contributed by atoms with Crippen LogP contribution in [0, 0.1) is 0 Å². The maximum Gasteiger partial charge on any atom is 0.258 e. The molecule has 0 bridgehead atoms. The first-order valence-corrected chi connectivity index (χ1v) is 13.5. The molecule has 0 unspecified atom stereocenters. The summed E-state index contributed by atoms with van der Waals surface area (Å²) in [5.41, 5.74) is 2.28. The minimum Gasteiger partial charge on any atom is -0.368 e. The molecule has 2 fully saturated rings. The largest absolute Gasteiger partial charge is 0.368 e. The minimum atomic E-state index is -0.326. The first kappa shape index (κ1) is 24.7. The summed E-state index contributed by atoms with van der Waals surface area (Å²) < 4.78 is 1.95. The van der Waals surface area contributed by atoms with Gasteiger partial charge in [-0.25, -0.2) is 4.98 Å². The van der Waals surface area contributed by atoms with E-state index in [1.165, 1.54) is 24.2 Å². The molecule has 2 aliphatic heterocycles. The van der Waals surface area contributed by atoms with E-state index in [-0.39, 0.29) is 16.9 Å². The van der Waals surface area contributed by atoms with Crippen molar-refractivity contribution in [2.75, 3.05) is 64.3 Å². The Bertz CT molecular complexity index is 1380. The molecule has 0 aliphatic carbocycles. The van der Waals surface area contributed by atoms with E-state index in [1.54, 1.807) is 6.08 Å². The Morgan fingerprint density at radius 3 is 2.64 bits per heavy atom. The Labute approximate surface area is 215 Å². The first-order valence-electron chi connectivity index (χ1n) is 12.7. The van der Waals surface area contributed by atoms with Crippen molar-refractivity contribution in [3.8, 4) is 0 Å². The lowest BCUT2D eigenvalue weighted by molar-refractivity contribution is 0.0950. The van der Waals surface area contributed by atoms with Crippen molar-refractivity contribution in [1.82, 2.24) is 24.5 Å². The van der Waals surface area contributed by atoms with E-state index >= 15 is 0 Å². The molecular formula is C27H34N6O2S. The minimum absolute atomic E-state index is 0.185. The Kier molecular flexibility index (Phi) is 7.22. The monoisotopic (exact) mass is 506 g/mol. The van der Waals surface area contributed by atoms with Gasteiger partial charge in [-0.05, 0) is 58.1 Å². The number of nitrogens with one attached hydrogen (secondary N) is 1. The molecule has 0 atom stereocenters. The van der Waals surface area contributed by atoms with Gasteiger partial charge in [-0.2, -0.15) is 0 Å². The van der Waals surface area contributed by atoms with Gasteiger partial charge in [-0.1, -0.05) is 12.7 Å². The van der Waals surface area contributed by atoms with Gasteiger partial charge in [0.05, 0.1) is 27.8 Å². The number of carbonyl (C=O) groups excluding carboxylic acids is 1. The van der Waals surface area contributed by atoms with Crippen LogP contribution < -0.4 is 15.6 Å². The highest BCUT2D eigenvalue weighted by Crippen LogP contribution is 2.31. The Balaban J connectivity index is 1.62. The summed E-state index contributed by atoms with van der Waals surface area (Å²) in [4.78, 5) is 40.5. The summed E-state index contributed by atoms with van der Waals surface area (Å²) in [5.74, 6) is -0.326. The van der Waals surface area contributed by atoms with Crippen LogP contribution in [0.2, 0.25) is 0 Å². The summed E-state index contributed by atoms with van der Waals surface area (Å²) in [5, 5.41) is 3.48. The van der Waals surface area contributed by atoms with Crippen LogP contribution in [0.1, 0.15) is 40.7 Å². The fourth-order valence-corrected chi connectivity index (χ4v) is 6.26. The number of hydrogen-bond acceptors (Lipinski definition) is 7. The number of fused-ring (bicyclic) bond motifs is 3. The maximum atomic E-state index is 13.9. The Morgan fingerprint density at radius 2 is 1.94 bits per heavy atom. The molecule has 0 saturated carbocycles. The maximum absolute atomic E-state index is 13.9. The zero-order chi connectivity index (χ0) is 25.2. The van der Waals surface area contributed by atoms with Gasteiger partial charge in [-0.15, -0.1) is 11.3 Å². The van der Waals surface area contributed by atoms with E-state index in [0.29, 0.717) is 22.4 Å². The Hall–Kier alpha value is -3.01. The molecular weight excluding hydrogens is 472 g/mol. The topological polar surface area (TPSA) is 73.2 Å². The van der Waals surface area contributed by atoms with Crippen LogP contribution in [-0.2, 0) is 0 Å². The van der Waals surface area contributed by atoms with Crippen molar-refractivity contribution >= 4 is 50.9 Å². The first-order chi connectivity index (χ1) is 17.5. The van der Waals surface area contributed by atoms with Crippen LogP contribution in [0.5, 0.6) is 0 Å². The van der Waals surface area contributed by atoms with Crippen molar-refractivity contribution in [2.24, 2.45) is 0 Å². The summed E-state index contributed by atoms with van der Waals surface area (Å²) in [7, 11) is 2.12. The van der Waals surface area contributed by atoms with Crippen molar-refractivity contribution < 1.29 is 4.79 Å². The van der Waals surface area contributed by atoms with Gasteiger partial charge in [0, 0.05) is 39.3 Å².